The van der Waals surface area contributed by atoms with E-state index in [1.807, 2.05) is 0 Å². The van der Waals surface area contributed by atoms with E-state index < -0.39 is 0 Å². The van der Waals surface area contributed by atoms with Gasteiger partial charge in [0.15, 0.2) is 0 Å². The number of nitrogens with zero attached hydrogens (tertiary/aromatic N) is 1. The third kappa shape index (κ3) is 1.67. The number of oxime groups is 1. The molecular formula is C11H15NO. The molecule has 0 fully saturated rings. The minimum Gasteiger partial charge on any atom is -0.411 e. The van der Waals surface area contributed by atoms with E-state index in [4.69, 9.17) is 5.21 Å². The van der Waals surface area contributed by atoms with Crippen molar-refractivity contribution in [3.8, 4) is 0 Å². The first-order valence-corrected chi connectivity index (χ1v) is 5.01. The highest BCUT2D eigenvalue weighted by atomic mass is 16.4. The first-order valence-electron chi connectivity index (χ1n) is 5.01. The molecule has 1 N–H and O–H groups in total. The Morgan fingerprint density at radius 1 is 1.15 bits per heavy atom. The molecule has 2 nitrogen and oxygen atoms in total. The van der Waals surface area contributed by atoms with Gasteiger partial charge in [0.05, 0.1) is 5.71 Å². The van der Waals surface area contributed by atoms with Crippen LogP contribution in [0, 0.1) is 0 Å². The van der Waals surface area contributed by atoms with E-state index in [1.165, 1.54) is 30.4 Å². The Labute approximate surface area is 78.6 Å². The molecule has 0 bridgehead atoms. The van der Waals surface area contributed by atoms with Crippen molar-refractivity contribution in [2.24, 2.45) is 5.16 Å². The van der Waals surface area contributed by atoms with Crippen molar-refractivity contribution < 1.29 is 5.21 Å². The molecule has 2 heteroatoms. The molecule has 0 aromatic heterocycles. The molecule has 0 radical (unpaired) electrons. The molecule has 0 saturated carbocycles. The highest BCUT2D eigenvalue weighted by Crippen LogP contribution is 2.29. The normalized spacial score (nSPS) is 26.0. The summed E-state index contributed by atoms with van der Waals surface area (Å²) >= 11 is 0. The van der Waals surface area contributed by atoms with Gasteiger partial charge in [-0.2, -0.15) is 0 Å². The summed E-state index contributed by atoms with van der Waals surface area (Å²) in [6, 6.07) is 0. The van der Waals surface area contributed by atoms with E-state index in [2.05, 4.69) is 17.3 Å². The van der Waals surface area contributed by atoms with E-state index >= 15 is 0 Å². The third-order valence-corrected chi connectivity index (χ3v) is 2.86. The van der Waals surface area contributed by atoms with E-state index in [-0.39, 0.29) is 0 Å². The van der Waals surface area contributed by atoms with Crippen LogP contribution in [-0.4, -0.2) is 10.9 Å². The molecule has 0 aliphatic heterocycles. The highest BCUT2D eigenvalue weighted by Gasteiger charge is 2.17. The lowest BCUT2D eigenvalue weighted by Crippen LogP contribution is -2.07. The van der Waals surface area contributed by atoms with Crippen molar-refractivity contribution in [3.05, 3.63) is 23.3 Å². The fraction of sp³-hybridized carbons (Fsp3) is 0.545. The summed E-state index contributed by atoms with van der Waals surface area (Å²) in [5.41, 5.74) is 3.60. The van der Waals surface area contributed by atoms with Crippen LogP contribution in [0.4, 0.5) is 0 Å². The summed E-state index contributed by atoms with van der Waals surface area (Å²) in [5, 5.41) is 12.2. The number of allylic oxidation sites excluding steroid dienone is 4. The van der Waals surface area contributed by atoms with Crippen LogP contribution >= 0.6 is 0 Å². The molecule has 0 atom stereocenters. The minimum atomic E-state index is 0.801. The van der Waals surface area contributed by atoms with Gasteiger partial charge in [0, 0.05) is 6.42 Å². The van der Waals surface area contributed by atoms with Crippen LogP contribution in [0.15, 0.2) is 28.5 Å². The van der Waals surface area contributed by atoms with Crippen molar-refractivity contribution in [2.75, 3.05) is 0 Å². The van der Waals surface area contributed by atoms with Crippen LogP contribution in [0.25, 0.3) is 0 Å². The van der Waals surface area contributed by atoms with E-state index in [0.29, 0.717) is 0 Å². The van der Waals surface area contributed by atoms with Crippen LogP contribution in [0.3, 0.4) is 0 Å². The maximum atomic E-state index is 8.84. The Hall–Kier alpha value is -1.05. The first kappa shape index (κ1) is 8.54. The van der Waals surface area contributed by atoms with E-state index in [1.54, 1.807) is 0 Å². The first-order chi connectivity index (χ1) is 6.42. The lowest BCUT2D eigenvalue weighted by molar-refractivity contribution is 0.318. The summed E-state index contributed by atoms with van der Waals surface area (Å²) in [7, 11) is 0. The molecule has 0 amide bonds. The lowest BCUT2D eigenvalue weighted by atomic mass is 9.92. The lowest BCUT2D eigenvalue weighted by Gasteiger charge is -2.14. The largest absolute Gasteiger partial charge is 0.411 e. The topological polar surface area (TPSA) is 32.6 Å². The third-order valence-electron chi connectivity index (χ3n) is 2.86. The van der Waals surface area contributed by atoms with Crippen molar-refractivity contribution in [2.45, 2.75) is 38.5 Å². The van der Waals surface area contributed by atoms with Gasteiger partial charge >= 0.3 is 0 Å². The van der Waals surface area contributed by atoms with Crippen LogP contribution < -0.4 is 0 Å². The zero-order valence-electron chi connectivity index (χ0n) is 7.79. The second kappa shape index (κ2) is 3.77. The number of hydrogen-bond acceptors (Lipinski definition) is 2. The second-order valence-electron chi connectivity index (χ2n) is 3.72. The van der Waals surface area contributed by atoms with Crippen molar-refractivity contribution in [1.82, 2.24) is 0 Å². The molecular weight excluding hydrogens is 162 g/mol. The summed E-state index contributed by atoms with van der Waals surface area (Å²) < 4.78 is 0. The van der Waals surface area contributed by atoms with E-state index in [0.717, 1.165) is 25.0 Å². The second-order valence-corrected chi connectivity index (χ2v) is 3.72. The van der Waals surface area contributed by atoms with Crippen molar-refractivity contribution in [3.63, 3.8) is 0 Å². The summed E-state index contributed by atoms with van der Waals surface area (Å²) in [6.07, 6.45) is 11.2. The zero-order valence-corrected chi connectivity index (χ0v) is 7.79. The SMILES string of the molecule is ON=C1CC=CC2=C1CCCCC2. The molecule has 70 valence electrons. The fourth-order valence-electron chi connectivity index (χ4n) is 2.16. The van der Waals surface area contributed by atoms with Crippen LogP contribution in [0.2, 0.25) is 0 Å². The zero-order chi connectivity index (χ0) is 9.10. The predicted octanol–water partition coefficient (Wildman–Crippen LogP) is 3.04. The minimum absolute atomic E-state index is 0.801. The van der Waals surface area contributed by atoms with E-state index in [9.17, 15) is 0 Å². The van der Waals surface area contributed by atoms with Crippen LogP contribution in [0.5, 0.6) is 0 Å². The molecule has 2 rings (SSSR count). The molecule has 13 heavy (non-hydrogen) atoms. The Morgan fingerprint density at radius 3 is 2.85 bits per heavy atom. The molecule has 0 aromatic carbocycles. The smallest absolute Gasteiger partial charge is 0.0867 e. The Kier molecular flexibility index (Phi) is 2.48. The van der Waals surface area contributed by atoms with Gasteiger partial charge in [0.2, 0.25) is 0 Å². The average molecular weight is 177 g/mol. The number of hydrogen-bond donors (Lipinski definition) is 1. The predicted molar refractivity (Wildman–Crippen MR) is 53.1 cm³/mol. The highest BCUT2D eigenvalue weighted by molar-refractivity contribution is 6.02. The van der Waals surface area contributed by atoms with Gasteiger partial charge < -0.3 is 5.21 Å². The van der Waals surface area contributed by atoms with Gasteiger partial charge in [0.1, 0.15) is 0 Å². The van der Waals surface area contributed by atoms with Crippen molar-refractivity contribution >= 4 is 5.71 Å². The van der Waals surface area contributed by atoms with Crippen LogP contribution in [0.1, 0.15) is 38.5 Å². The monoisotopic (exact) mass is 177 g/mol. The summed E-state index contributed by atoms with van der Waals surface area (Å²) in [5.74, 6) is 0. The molecule has 2 aliphatic rings. The molecule has 0 unspecified atom stereocenters. The Bertz CT molecular complexity index is 286. The maximum absolute atomic E-state index is 8.84. The number of rotatable bonds is 0. The van der Waals surface area contributed by atoms with Gasteiger partial charge in [-0.05, 0) is 36.8 Å². The average Bonchev–Trinajstić information content (AvgIpc) is 2.41. The van der Waals surface area contributed by atoms with Gasteiger partial charge in [0.25, 0.3) is 0 Å². The van der Waals surface area contributed by atoms with Gasteiger partial charge in [-0.15, -0.1) is 0 Å². The molecule has 0 heterocycles. The van der Waals surface area contributed by atoms with Crippen molar-refractivity contribution in [1.29, 1.82) is 0 Å². The molecule has 2 aliphatic carbocycles. The standard InChI is InChI=1S/C11H15NO/c13-12-11-8-4-6-9-5-2-1-3-7-10(9)11/h4,6,13H,1-3,5,7-8H2. The Morgan fingerprint density at radius 2 is 2.00 bits per heavy atom. The molecule has 0 aromatic rings. The van der Waals surface area contributed by atoms with Gasteiger partial charge in [-0.25, -0.2) is 0 Å². The fourth-order valence-corrected chi connectivity index (χ4v) is 2.16. The van der Waals surface area contributed by atoms with Crippen LogP contribution in [-0.2, 0) is 0 Å². The maximum Gasteiger partial charge on any atom is 0.0867 e. The Balaban J connectivity index is 2.32. The van der Waals surface area contributed by atoms with Gasteiger partial charge in [-0.1, -0.05) is 23.7 Å². The summed E-state index contributed by atoms with van der Waals surface area (Å²) in [4.78, 5) is 0. The molecule has 0 saturated heterocycles. The van der Waals surface area contributed by atoms with Gasteiger partial charge in [-0.3, -0.25) is 0 Å². The quantitative estimate of drug-likeness (QED) is 0.447. The molecule has 0 spiro atoms. The summed E-state index contributed by atoms with van der Waals surface area (Å²) in [6.45, 7) is 0.